The zero-order valence-electron chi connectivity index (χ0n) is 6.57. The fraction of sp³-hybridized carbons (Fsp3) is 0.571. The molecule has 1 atom stereocenters. The monoisotopic (exact) mass is 155 g/mol. The summed E-state index contributed by atoms with van der Waals surface area (Å²) < 4.78 is 1.72. The number of hydrogen-bond acceptors (Lipinski definition) is 3. The van der Waals surface area contributed by atoms with Crippen molar-refractivity contribution in [1.29, 1.82) is 0 Å². The molecule has 1 heterocycles. The summed E-state index contributed by atoms with van der Waals surface area (Å²) in [5.74, 6) is 0. The summed E-state index contributed by atoms with van der Waals surface area (Å²) in [6.45, 7) is 0.0227. The lowest BCUT2D eigenvalue weighted by molar-refractivity contribution is 0.265. The van der Waals surface area contributed by atoms with E-state index in [1.54, 1.807) is 10.9 Å². The Bertz CT molecular complexity index is 221. The summed E-state index contributed by atoms with van der Waals surface area (Å²) in [5.41, 5.74) is 6.59. The third kappa shape index (κ3) is 2.32. The predicted octanol–water partition coefficient (Wildman–Crippen LogP) is -0.718. The van der Waals surface area contributed by atoms with E-state index in [-0.39, 0.29) is 12.6 Å². The molecule has 1 aromatic rings. The number of nitrogens with zero attached hydrogens (tertiary/aromatic N) is 2. The van der Waals surface area contributed by atoms with Crippen LogP contribution >= 0.6 is 0 Å². The molecule has 0 saturated carbocycles. The summed E-state index contributed by atoms with van der Waals surface area (Å²) in [6.07, 6.45) is 4.34. The highest BCUT2D eigenvalue weighted by molar-refractivity contribution is 5.05. The zero-order chi connectivity index (χ0) is 8.27. The molecule has 0 fully saturated rings. The molecule has 0 unspecified atom stereocenters. The number of aliphatic hydroxyl groups excluding tert-OH is 1. The Labute approximate surface area is 65.6 Å². The molecule has 3 N–H and O–H groups in total. The van der Waals surface area contributed by atoms with Crippen molar-refractivity contribution in [2.45, 2.75) is 12.5 Å². The van der Waals surface area contributed by atoms with E-state index in [9.17, 15) is 0 Å². The standard InChI is InChI=1S/C7H13N3O/c1-10-4-6(3-9-10)2-7(8)5-11/h3-4,7,11H,2,5,8H2,1H3/t7-/m0/s1. The summed E-state index contributed by atoms with van der Waals surface area (Å²) in [4.78, 5) is 0. The topological polar surface area (TPSA) is 64.1 Å². The van der Waals surface area contributed by atoms with Crippen LogP contribution in [-0.2, 0) is 13.5 Å². The molecule has 0 aliphatic rings. The lowest BCUT2D eigenvalue weighted by atomic mass is 10.1. The average Bonchev–Trinajstić information content (AvgIpc) is 2.35. The maximum absolute atomic E-state index is 8.65. The first-order valence-corrected chi connectivity index (χ1v) is 3.56. The van der Waals surface area contributed by atoms with Gasteiger partial charge in [-0.15, -0.1) is 0 Å². The van der Waals surface area contributed by atoms with Gasteiger partial charge in [-0.05, 0) is 12.0 Å². The first-order chi connectivity index (χ1) is 5.22. The van der Waals surface area contributed by atoms with E-state index in [2.05, 4.69) is 5.10 Å². The fourth-order valence-corrected chi connectivity index (χ4v) is 0.945. The van der Waals surface area contributed by atoms with Gasteiger partial charge < -0.3 is 10.8 Å². The number of aryl methyl sites for hydroxylation is 1. The van der Waals surface area contributed by atoms with Crippen LogP contribution in [0.15, 0.2) is 12.4 Å². The molecule has 4 heteroatoms. The van der Waals surface area contributed by atoms with E-state index in [1.807, 2.05) is 13.2 Å². The van der Waals surface area contributed by atoms with Gasteiger partial charge in [0.25, 0.3) is 0 Å². The van der Waals surface area contributed by atoms with Crippen molar-refractivity contribution < 1.29 is 5.11 Å². The maximum Gasteiger partial charge on any atom is 0.0585 e. The van der Waals surface area contributed by atoms with Gasteiger partial charge in [0.15, 0.2) is 0 Å². The minimum Gasteiger partial charge on any atom is -0.395 e. The van der Waals surface area contributed by atoms with Gasteiger partial charge in [0.1, 0.15) is 0 Å². The third-order valence-electron chi connectivity index (χ3n) is 1.49. The van der Waals surface area contributed by atoms with Crippen molar-refractivity contribution in [1.82, 2.24) is 9.78 Å². The van der Waals surface area contributed by atoms with Gasteiger partial charge in [-0.1, -0.05) is 0 Å². The molecule has 0 aliphatic heterocycles. The molecule has 0 radical (unpaired) electrons. The Morgan fingerprint density at radius 2 is 2.55 bits per heavy atom. The normalized spacial score (nSPS) is 13.4. The van der Waals surface area contributed by atoms with E-state index in [4.69, 9.17) is 10.8 Å². The highest BCUT2D eigenvalue weighted by atomic mass is 16.3. The Morgan fingerprint density at radius 1 is 1.82 bits per heavy atom. The number of aliphatic hydroxyl groups is 1. The molecule has 11 heavy (non-hydrogen) atoms. The molecule has 0 aliphatic carbocycles. The van der Waals surface area contributed by atoms with Gasteiger partial charge in [-0.2, -0.15) is 5.10 Å². The second-order valence-corrected chi connectivity index (χ2v) is 2.67. The van der Waals surface area contributed by atoms with Gasteiger partial charge >= 0.3 is 0 Å². The summed E-state index contributed by atoms with van der Waals surface area (Å²) >= 11 is 0. The van der Waals surface area contributed by atoms with Crippen LogP contribution in [0.25, 0.3) is 0 Å². The Balaban J connectivity index is 2.50. The van der Waals surface area contributed by atoms with Crippen LogP contribution < -0.4 is 5.73 Å². The fourth-order valence-electron chi connectivity index (χ4n) is 0.945. The lowest BCUT2D eigenvalue weighted by Gasteiger charge is -2.03. The number of nitrogens with two attached hydrogens (primary N) is 1. The van der Waals surface area contributed by atoms with Crippen LogP contribution in [0.1, 0.15) is 5.56 Å². The lowest BCUT2D eigenvalue weighted by Crippen LogP contribution is -2.26. The highest BCUT2D eigenvalue weighted by Gasteiger charge is 2.02. The predicted molar refractivity (Wildman–Crippen MR) is 42.0 cm³/mol. The first kappa shape index (κ1) is 8.23. The SMILES string of the molecule is Cn1cc(C[C@H](N)CO)cn1. The summed E-state index contributed by atoms with van der Waals surface area (Å²) in [6, 6.07) is -0.167. The van der Waals surface area contributed by atoms with Crippen molar-refractivity contribution >= 4 is 0 Å². The molecule has 0 bridgehead atoms. The summed E-state index contributed by atoms with van der Waals surface area (Å²) in [7, 11) is 1.86. The number of rotatable bonds is 3. The van der Waals surface area contributed by atoms with Gasteiger partial charge in [0.05, 0.1) is 12.8 Å². The van der Waals surface area contributed by atoms with Gasteiger partial charge in [0.2, 0.25) is 0 Å². The minimum atomic E-state index is -0.167. The molecule has 1 aromatic heterocycles. The third-order valence-corrected chi connectivity index (χ3v) is 1.49. The highest BCUT2D eigenvalue weighted by Crippen LogP contribution is 1.99. The van der Waals surface area contributed by atoms with Gasteiger partial charge in [-0.3, -0.25) is 4.68 Å². The molecule has 4 nitrogen and oxygen atoms in total. The van der Waals surface area contributed by atoms with E-state index in [1.165, 1.54) is 0 Å². The first-order valence-electron chi connectivity index (χ1n) is 3.56. The smallest absolute Gasteiger partial charge is 0.0585 e. The Hall–Kier alpha value is -0.870. The van der Waals surface area contributed by atoms with Crippen molar-refractivity contribution in [2.24, 2.45) is 12.8 Å². The van der Waals surface area contributed by atoms with Gasteiger partial charge in [-0.25, -0.2) is 0 Å². The van der Waals surface area contributed by atoms with Crippen molar-refractivity contribution in [3.05, 3.63) is 18.0 Å². The number of aromatic nitrogens is 2. The zero-order valence-corrected chi connectivity index (χ0v) is 6.57. The van der Waals surface area contributed by atoms with Crippen molar-refractivity contribution in [3.63, 3.8) is 0 Å². The van der Waals surface area contributed by atoms with Gasteiger partial charge in [0, 0.05) is 19.3 Å². The molecule has 1 rings (SSSR count). The van der Waals surface area contributed by atoms with E-state index in [0.717, 1.165) is 5.56 Å². The molecule has 62 valence electrons. The van der Waals surface area contributed by atoms with Crippen LogP contribution in [-0.4, -0.2) is 27.5 Å². The average molecular weight is 155 g/mol. The van der Waals surface area contributed by atoms with Crippen molar-refractivity contribution in [3.8, 4) is 0 Å². The van der Waals surface area contributed by atoms with Crippen LogP contribution in [0.2, 0.25) is 0 Å². The molecular formula is C7H13N3O. The van der Waals surface area contributed by atoms with Crippen LogP contribution in [0.4, 0.5) is 0 Å². The molecule has 0 saturated heterocycles. The van der Waals surface area contributed by atoms with E-state index < -0.39 is 0 Å². The van der Waals surface area contributed by atoms with E-state index >= 15 is 0 Å². The second kappa shape index (κ2) is 3.50. The van der Waals surface area contributed by atoms with Crippen LogP contribution in [0.3, 0.4) is 0 Å². The molecular weight excluding hydrogens is 142 g/mol. The minimum absolute atomic E-state index is 0.0227. The quantitative estimate of drug-likeness (QED) is 0.605. The number of hydrogen-bond donors (Lipinski definition) is 2. The Kier molecular flexibility index (Phi) is 2.62. The second-order valence-electron chi connectivity index (χ2n) is 2.67. The molecule has 0 aromatic carbocycles. The molecule has 0 spiro atoms. The Morgan fingerprint density at radius 3 is 3.00 bits per heavy atom. The maximum atomic E-state index is 8.65. The van der Waals surface area contributed by atoms with Crippen molar-refractivity contribution in [2.75, 3.05) is 6.61 Å². The largest absolute Gasteiger partial charge is 0.395 e. The summed E-state index contributed by atoms with van der Waals surface area (Å²) in [5, 5.41) is 12.6. The molecule has 0 amide bonds. The van der Waals surface area contributed by atoms with E-state index in [0.29, 0.717) is 6.42 Å². The van der Waals surface area contributed by atoms with Crippen LogP contribution in [0.5, 0.6) is 0 Å². The van der Waals surface area contributed by atoms with Crippen LogP contribution in [0, 0.1) is 0 Å².